The summed E-state index contributed by atoms with van der Waals surface area (Å²) in [4.78, 5) is 23.7. The predicted octanol–water partition coefficient (Wildman–Crippen LogP) is 2.63. The smallest absolute Gasteiger partial charge is 0.319 e. The Kier molecular flexibility index (Phi) is 5.91. The molecule has 0 bridgehead atoms. The van der Waals surface area contributed by atoms with E-state index in [4.69, 9.17) is 11.6 Å². The molecule has 0 saturated heterocycles. The minimum atomic E-state index is -0.474. The van der Waals surface area contributed by atoms with Gasteiger partial charge in [0.15, 0.2) is 0 Å². The summed E-state index contributed by atoms with van der Waals surface area (Å²) in [5, 5.41) is 11.4. The molecule has 0 atom stereocenters. The Labute approximate surface area is 122 Å². The first-order chi connectivity index (χ1) is 9.36. The number of ether oxygens (including phenoxy) is 1. The van der Waals surface area contributed by atoms with Gasteiger partial charge in [-0.3, -0.25) is 19.8 Å². The van der Waals surface area contributed by atoms with Crippen LogP contribution in [-0.2, 0) is 16.1 Å². The summed E-state index contributed by atoms with van der Waals surface area (Å²) in [7, 11) is 1.30. The zero-order valence-electron chi connectivity index (χ0n) is 11.6. The van der Waals surface area contributed by atoms with Crippen molar-refractivity contribution in [1.29, 1.82) is 0 Å². The van der Waals surface area contributed by atoms with E-state index in [-0.39, 0.29) is 24.8 Å². The van der Waals surface area contributed by atoms with Gasteiger partial charge in [0.2, 0.25) is 0 Å². The fraction of sp³-hybridized carbons (Fsp3) is 0.462. The van der Waals surface area contributed by atoms with Gasteiger partial charge in [0.1, 0.15) is 0 Å². The van der Waals surface area contributed by atoms with Crippen LogP contribution in [0.15, 0.2) is 18.2 Å². The minimum Gasteiger partial charge on any atom is -0.468 e. The van der Waals surface area contributed by atoms with Crippen LogP contribution in [0.5, 0.6) is 0 Å². The van der Waals surface area contributed by atoms with E-state index in [2.05, 4.69) is 4.74 Å². The van der Waals surface area contributed by atoms with Gasteiger partial charge in [-0.1, -0.05) is 17.7 Å². The maximum Gasteiger partial charge on any atom is 0.319 e. The van der Waals surface area contributed by atoms with Crippen molar-refractivity contribution in [3.05, 3.63) is 38.9 Å². The van der Waals surface area contributed by atoms with E-state index < -0.39 is 10.9 Å². The highest BCUT2D eigenvalue weighted by molar-refractivity contribution is 6.31. The predicted molar refractivity (Wildman–Crippen MR) is 75.7 cm³/mol. The molecule has 0 heterocycles. The number of hydrogen-bond acceptors (Lipinski definition) is 5. The largest absolute Gasteiger partial charge is 0.468 e. The highest BCUT2D eigenvalue weighted by Gasteiger charge is 2.22. The van der Waals surface area contributed by atoms with Gasteiger partial charge in [0.25, 0.3) is 5.69 Å². The first-order valence-electron chi connectivity index (χ1n) is 6.09. The third-order valence-corrected chi connectivity index (χ3v) is 3.30. The fourth-order valence-electron chi connectivity index (χ4n) is 1.73. The standard InChI is InChI=1S/C13H17ClN2O4/c1-9(2)15(8-13(17)20-3)7-10-11(14)5-4-6-12(10)16(18)19/h4-6,9H,7-8H2,1-3H3. The zero-order valence-corrected chi connectivity index (χ0v) is 12.4. The van der Waals surface area contributed by atoms with Gasteiger partial charge in [-0.25, -0.2) is 0 Å². The van der Waals surface area contributed by atoms with E-state index >= 15 is 0 Å². The number of carbonyl (C=O) groups is 1. The molecule has 0 amide bonds. The molecule has 0 spiro atoms. The lowest BCUT2D eigenvalue weighted by molar-refractivity contribution is -0.385. The summed E-state index contributed by atoms with van der Waals surface area (Å²) >= 11 is 6.05. The molecule has 0 saturated carbocycles. The number of nitro groups is 1. The Morgan fingerprint density at radius 1 is 1.50 bits per heavy atom. The summed E-state index contributed by atoms with van der Waals surface area (Å²) in [6.07, 6.45) is 0. The van der Waals surface area contributed by atoms with Gasteiger partial charge in [-0.15, -0.1) is 0 Å². The van der Waals surface area contributed by atoms with Gasteiger partial charge in [-0.2, -0.15) is 0 Å². The van der Waals surface area contributed by atoms with Crippen molar-refractivity contribution in [1.82, 2.24) is 4.90 Å². The Morgan fingerprint density at radius 3 is 2.65 bits per heavy atom. The molecule has 7 heteroatoms. The quantitative estimate of drug-likeness (QED) is 0.459. The lowest BCUT2D eigenvalue weighted by atomic mass is 10.1. The molecule has 0 aliphatic heterocycles. The Morgan fingerprint density at radius 2 is 2.15 bits per heavy atom. The van der Waals surface area contributed by atoms with E-state index in [1.807, 2.05) is 13.8 Å². The average molecular weight is 301 g/mol. The Bertz CT molecular complexity index is 505. The highest BCUT2D eigenvalue weighted by Crippen LogP contribution is 2.28. The number of rotatable bonds is 6. The second-order valence-electron chi connectivity index (χ2n) is 4.57. The van der Waals surface area contributed by atoms with Crippen LogP contribution in [0.3, 0.4) is 0 Å². The molecule has 110 valence electrons. The van der Waals surface area contributed by atoms with Crippen LogP contribution in [-0.4, -0.2) is 35.5 Å². The van der Waals surface area contributed by atoms with Gasteiger partial charge in [0, 0.05) is 18.7 Å². The van der Waals surface area contributed by atoms with Crippen molar-refractivity contribution in [3.8, 4) is 0 Å². The number of esters is 1. The molecular formula is C13H17ClN2O4. The molecule has 0 fully saturated rings. The van der Waals surface area contributed by atoms with Gasteiger partial charge >= 0.3 is 5.97 Å². The second kappa shape index (κ2) is 7.21. The third-order valence-electron chi connectivity index (χ3n) is 2.94. The summed E-state index contributed by atoms with van der Waals surface area (Å²) in [5.41, 5.74) is 0.352. The first-order valence-corrected chi connectivity index (χ1v) is 6.47. The van der Waals surface area contributed by atoms with Crippen LogP contribution in [0.2, 0.25) is 5.02 Å². The number of halogens is 1. The van der Waals surface area contributed by atoms with E-state index in [1.54, 1.807) is 11.0 Å². The van der Waals surface area contributed by atoms with Crippen molar-refractivity contribution in [2.24, 2.45) is 0 Å². The Hall–Kier alpha value is -1.66. The van der Waals surface area contributed by atoms with Gasteiger partial charge < -0.3 is 4.74 Å². The molecule has 20 heavy (non-hydrogen) atoms. The van der Waals surface area contributed by atoms with Crippen LogP contribution < -0.4 is 0 Å². The summed E-state index contributed by atoms with van der Waals surface area (Å²) in [5.74, 6) is -0.395. The van der Waals surface area contributed by atoms with Crippen molar-refractivity contribution >= 4 is 23.3 Å². The van der Waals surface area contributed by atoms with Crippen LogP contribution in [0, 0.1) is 10.1 Å². The topological polar surface area (TPSA) is 72.7 Å². The monoisotopic (exact) mass is 300 g/mol. The number of benzene rings is 1. The molecule has 1 aromatic rings. The minimum absolute atomic E-state index is 0.0185. The molecule has 0 aliphatic carbocycles. The van der Waals surface area contributed by atoms with Crippen LogP contribution in [0.4, 0.5) is 5.69 Å². The SMILES string of the molecule is COC(=O)CN(Cc1c(Cl)cccc1[N+](=O)[O-])C(C)C. The Balaban J connectivity index is 3.05. The van der Waals surface area contributed by atoms with E-state index in [0.29, 0.717) is 10.6 Å². The third kappa shape index (κ3) is 4.18. The summed E-state index contributed by atoms with van der Waals surface area (Å²) in [6.45, 7) is 4.05. The van der Waals surface area contributed by atoms with Crippen LogP contribution in [0.25, 0.3) is 0 Å². The number of nitrogens with zero attached hydrogens (tertiary/aromatic N) is 2. The van der Waals surface area contributed by atoms with E-state index in [9.17, 15) is 14.9 Å². The van der Waals surface area contributed by atoms with Crippen LogP contribution in [0.1, 0.15) is 19.4 Å². The summed E-state index contributed by atoms with van der Waals surface area (Å²) < 4.78 is 4.63. The number of nitro benzene ring substituents is 1. The normalized spacial score (nSPS) is 10.9. The number of carbonyl (C=O) groups excluding carboxylic acids is 1. The number of hydrogen-bond donors (Lipinski definition) is 0. The highest BCUT2D eigenvalue weighted by atomic mass is 35.5. The average Bonchev–Trinajstić information content (AvgIpc) is 2.39. The van der Waals surface area contributed by atoms with Crippen molar-refractivity contribution in [3.63, 3.8) is 0 Å². The molecule has 0 unspecified atom stereocenters. The van der Waals surface area contributed by atoms with Crippen molar-refractivity contribution in [2.45, 2.75) is 26.4 Å². The zero-order chi connectivity index (χ0) is 15.3. The van der Waals surface area contributed by atoms with Crippen molar-refractivity contribution in [2.75, 3.05) is 13.7 Å². The molecule has 0 aliphatic rings. The lowest BCUT2D eigenvalue weighted by Gasteiger charge is -2.25. The van der Waals surface area contributed by atoms with E-state index in [0.717, 1.165) is 0 Å². The molecule has 0 N–H and O–H groups in total. The van der Waals surface area contributed by atoms with Crippen molar-refractivity contribution < 1.29 is 14.5 Å². The van der Waals surface area contributed by atoms with Gasteiger partial charge in [0.05, 0.1) is 29.2 Å². The molecule has 1 aromatic carbocycles. The molecule has 1 rings (SSSR count). The van der Waals surface area contributed by atoms with Crippen LogP contribution >= 0.6 is 11.6 Å². The molecular weight excluding hydrogens is 284 g/mol. The second-order valence-corrected chi connectivity index (χ2v) is 4.98. The summed E-state index contributed by atoms with van der Waals surface area (Å²) in [6, 6.07) is 4.55. The first kappa shape index (κ1) is 16.4. The maximum atomic E-state index is 11.4. The van der Waals surface area contributed by atoms with Gasteiger partial charge in [-0.05, 0) is 19.9 Å². The molecule has 6 nitrogen and oxygen atoms in total. The fourth-order valence-corrected chi connectivity index (χ4v) is 1.96. The maximum absolute atomic E-state index is 11.4. The lowest BCUT2D eigenvalue weighted by Crippen LogP contribution is -2.35. The molecule has 0 aromatic heterocycles. The number of methoxy groups -OCH3 is 1. The molecule has 0 radical (unpaired) electrons. The van der Waals surface area contributed by atoms with E-state index in [1.165, 1.54) is 19.2 Å².